The number of nitrogen functional groups attached to an aromatic ring is 1. The Balaban J connectivity index is 1.86. The summed E-state index contributed by atoms with van der Waals surface area (Å²) < 4.78 is 51.3. The minimum atomic E-state index is -4.39. The summed E-state index contributed by atoms with van der Waals surface area (Å²) >= 11 is 0. The molecule has 0 radical (unpaired) electrons. The van der Waals surface area contributed by atoms with E-state index >= 15 is 0 Å². The fraction of sp³-hybridized carbons (Fsp3) is 0.667. The standard InChI is InChI=1S/C18H25F3N4O3/c1-17(2,3)28-16(26)24-11-6-10(18(19,20)21)8-25(9-11)14-12-4-5-27-15(12)23-7-13(14)22/h7,10-11H,4-6,8-9,22H2,1-3H3,(H,24,26). The van der Waals surface area contributed by atoms with Gasteiger partial charge in [-0.15, -0.1) is 0 Å². The SMILES string of the molecule is CC(C)(C)OC(=O)NC1CC(C(F)(F)F)CN(c2c(N)cnc3c2CCO3)C1. The zero-order valence-electron chi connectivity index (χ0n) is 16.1. The van der Waals surface area contributed by atoms with Gasteiger partial charge in [0.2, 0.25) is 5.88 Å². The number of carbonyl (C=O) groups excluding carboxylic acids is 1. The van der Waals surface area contributed by atoms with Crippen LogP contribution in [0.25, 0.3) is 0 Å². The van der Waals surface area contributed by atoms with E-state index < -0.39 is 29.8 Å². The molecule has 0 aromatic carbocycles. The molecule has 2 aliphatic heterocycles. The third-order valence-electron chi connectivity index (χ3n) is 4.68. The van der Waals surface area contributed by atoms with Crippen LogP contribution in [0.15, 0.2) is 6.20 Å². The highest BCUT2D eigenvalue weighted by atomic mass is 19.4. The first-order valence-electron chi connectivity index (χ1n) is 9.15. The van der Waals surface area contributed by atoms with Gasteiger partial charge in [-0.2, -0.15) is 13.2 Å². The molecule has 28 heavy (non-hydrogen) atoms. The summed E-state index contributed by atoms with van der Waals surface area (Å²) in [5.41, 5.74) is 6.82. The summed E-state index contributed by atoms with van der Waals surface area (Å²) in [6.45, 7) is 5.44. The molecule has 156 valence electrons. The number of hydrogen-bond donors (Lipinski definition) is 2. The number of alkyl carbamates (subject to hydrolysis) is 1. The van der Waals surface area contributed by atoms with E-state index in [1.807, 2.05) is 0 Å². The average molecular weight is 402 g/mol. The predicted molar refractivity (Wildman–Crippen MR) is 97.4 cm³/mol. The Labute approximate surface area is 161 Å². The van der Waals surface area contributed by atoms with Crippen LogP contribution in [0, 0.1) is 5.92 Å². The number of halogens is 3. The molecule has 7 nitrogen and oxygen atoms in total. The molecule has 0 saturated carbocycles. The van der Waals surface area contributed by atoms with Crippen LogP contribution in [0.1, 0.15) is 32.8 Å². The van der Waals surface area contributed by atoms with Crippen LogP contribution in [0.5, 0.6) is 5.88 Å². The Morgan fingerprint density at radius 2 is 2.07 bits per heavy atom. The summed E-state index contributed by atoms with van der Waals surface area (Å²) in [7, 11) is 0. The van der Waals surface area contributed by atoms with E-state index in [0.717, 1.165) is 0 Å². The number of rotatable bonds is 2. The lowest BCUT2D eigenvalue weighted by Gasteiger charge is -2.41. The zero-order chi connectivity index (χ0) is 20.7. The van der Waals surface area contributed by atoms with Gasteiger partial charge in [0.1, 0.15) is 5.60 Å². The second-order valence-corrected chi connectivity index (χ2v) is 8.17. The summed E-state index contributed by atoms with van der Waals surface area (Å²) in [4.78, 5) is 17.8. The predicted octanol–water partition coefficient (Wildman–Crippen LogP) is 2.88. The van der Waals surface area contributed by atoms with Gasteiger partial charge in [0.25, 0.3) is 0 Å². The highest BCUT2D eigenvalue weighted by molar-refractivity contribution is 5.74. The van der Waals surface area contributed by atoms with Gasteiger partial charge >= 0.3 is 12.3 Å². The van der Waals surface area contributed by atoms with E-state index in [4.69, 9.17) is 15.2 Å². The monoisotopic (exact) mass is 402 g/mol. The molecule has 1 saturated heterocycles. The minimum Gasteiger partial charge on any atom is -0.477 e. The number of aromatic nitrogens is 1. The number of nitrogens with one attached hydrogen (secondary N) is 1. The van der Waals surface area contributed by atoms with Crippen molar-refractivity contribution in [1.29, 1.82) is 0 Å². The molecule has 0 aliphatic carbocycles. The van der Waals surface area contributed by atoms with Gasteiger partial charge < -0.3 is 25.4 Å². The fourth-order valence-electron chi connectivity index (χ4n) is 3.61. The van der Waals surface area contributed by atoms with Crippen LogP contribution < -0.4 is 20.7 Å². The van der Waals surface area contributed by atoms with Gasteiger partial charge in [0.05, 0.1) is 36.1 Å². The van der Waals surface area contributed by atoms with Gasteiger partial charge in [-0.05, 0) is 27.2 Å². The number of fused-ring (bicyclic) bond motifs is 1. The second kappa shape index (κ2) is 7.21. The molecule has 1 aromatic heterocycles. The van der Waals surface area contributed by atoms with Crippen LogP contribution in [0.3, 0.4) is 0 Å². The van der Waals surface area contributed by atoms with Crippen molar-refractivity contribution in [3.8, 4) is 5.88 Å². The summed E-state index contributed by atoms with van der Waals surface area (Å²) in [6.07, 6.45) is -3.43. The molecule has 3 rings (SSSR count). The van der Waals surface area contributed by atoms with E-state index in [1.165, 1.54) is 6.20 Å². The third kappa shape index (κ3) is 4.53. The number of anilines is 2. The quantitative estimate of drug-likeness (QED) is 0.791. The molecule has 3 heterocycles. The maximum absolute atomic E-state index is 13.5. The molecule has 0 spiro atoms. The number of piperidine rings is 1. The summed E-state index contributed by atoms with van der Waals surface area (Å²) in [5, 5.41) is 2.57. The van der Waals surface area contributed by atoms with E-state index in [1.54, 1.807) is 25.7 Å². The van der Waals surface area contributed by atoms with Crippen LogP contribution in [0.4, 0.5) is 29.3 Å². The summed E-state index contributed by atoms with van der Waals surface area (Å²) in [5.74, 6) is -1.21. The van der Waals surface area contributed by atoms with Crippen molar-refractivity contribution in [2.75, 3.05) is 30.3 Å². The smallest absolute Gasteiger partial charge is 0.407 e. The van der Waals surface area contributed by atoms with Gasteiger partial charge in [-0.25, -0.2) is 9.78 Å². The Morgan fingerprint density at radius 3 is 2.71 bits per heavy atom. The third-order valence-corrected chi connectivity index (χ3v) is 4.68. The molecule has 1 fully saturated rings. The number of amides is 1. The molecule has 1 aromatic rings. The number of nitrogens with two attached hydrogens (primary N) is 1. The van der Waals surface area contributed by atoms with Gasteiger partial charge in [-0.1, -0.05) is 0 Å². The molecule has 10 heteroatoms. The van der Waals surface area contributed by atoms with Crippen molar-refractivity contribution in [3.63, 3.8) is 0 Å². The van der Waals surface area contributed by atoms with Crippen molar-refractivity contribution >= 4 is 17.5 Å². The molecule has 1 amide bonds. The lowest BCUT2D eigenvalue weighted by atomic mass is 9.92. The minimum absolute atomic E-state index is 0.187. The number of pyridine rings is 1. The largest absolute Gasteiger partial charge is 0.477 e. The Bertz CT molecular complexity index is 749. The number of nitrogens with zero attached hydrogens (tertiary/aromatic N) is 2. The lowest BCUT2D eigenvalue weighted by molar-refractivity contribution is -0.177. The van der Waals surface area contributed by atoms with Crippen molar-refractivity contribution in [2.45, 2.75) is 51.4 Å². The molecule has 0 bridgehead atoms. The number of ether oxygens (including phenoxy) is 2. The van der Waals surface area contributed by atoms with Gasteiger partial charge in [0.15, 0.2) is 0 Å². The first-order chi connectivity index (χ1) is 12.9. The fourth-order valence-corrected chi connectivity index (χ4v) is 3.61. The first-order valence-corrected chi connectivity index (χ1v) is 9.15. The van der Waals surface area contributed by atoms with Crippen molar-refractivity contribution < 1.29 is 27.4 Å². The van der Waals surface area contributed by atoms with Crippen molar-refractivity contribution in [3.05, 3.63) is 11.8 Å². The maximum atomic E-state index is 13.5. The number of carbonyl (C=O) groups is 1. The molecule has 2 aliphatic rings. The zero-order valence-corrected chi connectivity index (χ0v) is 16.1. The normalized spacial score (nSPS) is 22.4. The Hall–Kier alpha value is -2.39. The van der Waals surface area contributed by atoms with Crippen molar-refractivity contribution in [2.24, 2.45) is 5.92 Å². The molecule has 2 atom stereocenters. The average Bonchev–Trinajstić information content (AvgIpc) is 3.00. The number of alkyl halides is 3. The Morgan fingerprint density at radius 1 is 1.36 bits per heavy atom. The van der Waals surface area contributed by atoms with E-state index in [9.17, 15) is 18.0 Å². The molecule has 2 unspecified atom stereocenters. The molecule has 3 N–H and O–H groups in total. The lowest BCUT2D eigenvalue weighted by Crippen LogP contribution is -2.54. The van der Waals surface area contributed by atoms with Gasteiger partial charge in [0, 0.05) is 25.1 Å². The van der Waals surface area contributed by atoms with Crippen LogP contribution in [-0.4, -0.2) is 48.6 Å². The second-order valence-electron chi connectivity index (χ2n) is 8.17. The number of hydrogen-bond acceptors (Lipinski definition) is 6. The highest BCUT2D eigenvalue weighted by Crippen LogP contribution is 2.41. The summed E-state index contributed by atoms with van der Waals surface area (Å²) in [6, 6.07) is -0.735. The van der Waals surface area contributed by atoms with E-state index in [0.29, 0.717) is 35.8 Å². The Kier molecular flexibility index (Phi) is 5.24. The van der Waals surface area contributed by atoms with Crippen molar-refractivity contribution in [1.82, 2.24) is 10.3 Å². The van der Waals surface area contributed by atoms with Gasteiger partial charge in [-0.3, -0.25) is 0 Å². The van der Waals surface area contributed by atoms with Crippen LogP contribution >= 0.6 is 0 Å². The van der Waals surface area contributed by atoms with Crippen LogP contribution in [0.2, 0.25) is 0 Å². The van der Waals surface area contributed by atoms with E-state index in [2.05, 4.69) is 10.3 Å². The highest BCUT2D eigenvalue weighted by Gasteiger charge is 2.46. The maximum Gasteiger partial charge on any atom is 0.407 e. The molecular formula is C18H25F3N4O3. The van der Waals surface area contributed by atoms with E-state index in [-0.39, 0.29) is 19.5 Å². The topological polar surface area (TPSA) is 89.7 Å². The first kappa shape index (κ1) is 20.3. The molecular weight excluding hydrogens is 377 g/mol. The van der Waals surface area contributed by atoms with Crippen LogP contribution in [-0.2, 0) is 11.2 Å².